The SMILES string of the molecule is Cc1nn2c(=O)cc(CSc3nnc(NC(=O)c4ccccc4F)s3)nc2s1. The first-order chi connectivity index (χ1) is 13.5. The minimum Gasteiger partial charge on any atom is -0.296 e. The van der Waals surface area contributed by atoms with Gasteiger partial charge in [0.1, 0.15) is 10.8 Å². The molecule has 0 saturated heterocycles. The Balaban J connectivity index is 1.43. The number of hydrogen-bond donors (Lipinski definition) is 1. The van der Waals surface area contributed by atoms with Gasteiger partial charge in [-0.3, -0.25) is 14.9 Å². The second-order valence-corrected chi connectivity index (χ2v) is 8.86. The van der Waals surface area contributed by atoms with E-state index in [0.29, 0.717) is 20.7 Å². The first-order valence-corrected chi connectivity index (χ1v) is 10.5. The molecule has 0 bridgehead atoms. The Hall–Kier alpha value is -2.70. The van der Waals surface area contributed by atoms with Crippen LogP contribution in [0, 0.1) is 12.7 Å². The standard InChI is InChI=1S/C16H11FN6O2S3/c1-8-22-23-12(24)6-9(18-15(23)27-8)7-26-16-21-20-14(28-16)19-13(25)10-4-2-3-5-11(10)17/h2-6H,7H2,1H3,(H,19,20,25). The first kappa shape index (κ1) is 18.7. The molecule has 4 aromatic rings. The second kappa shape index (κ2) is 7.73. The Morgan fingerprint density at radius 1 is 1.29 bits per heavy atom. The highest BCUT2D eigenvalue weighted by atomic mass is 32.2. The molecule has 0 spiro atoms. The van der Waals surface area contributed by atoms with E-state index in [1.54, 1.807) is 6.07 Å². The summed E-state index contributed by atoms with van der Waals surface area (Å²) in [6.07, 6.45) is 0. The highest BCUT2D eigenvalue weighted by Gasteiger charge is 2.14. The molecule has 28 heavy (non-hydrogen) atoms. The van der Waals surface area contributed by atoms with Crippen molar-refractivity contribution < 1.29 is 9.18 Å². The largest absolute Gasteiger partial charge is 0.296 e. The fraction of sp³-hybridized carbons (Fsp3) is 0.125. The number of rotatable bonds is 5. The fourth-order valence-corrected chi connectivity index (χ4v) is 4.70. The number of hydrogen-bond acceptors (Lipinski definition) is 9. The van der Waals surface area contributed by atoms with Crippen molar-refractivity contribution in [2.75, 3.05) is 5.32 Å². The summed E-state index contributed by atoms with van der Waals surface area (Å²) in [6, 6.07) is 7.13. The van der Waals surface area contributed by atoms with Crippen molar-refractivity contribution >= 4 is 50.4 Å². The van der Waals surface area contributed by atoms with Crippen LogP contribution in [0.2, 0.25) is 0 Å². The average Bonchev–Trinajstić information content (AvgIpc) is 3.26. The summed E-state index contributed by atoms with van der Waals surface area (Å²) in [6.45, 7) is 1.81. The molecule has 0 saturated carbocycles. The minimum atomic E-state index is -0.606. The highest BCUT2D eigenvalue weighted by molar-refractivity contribution is 8.00. The molecular formula is C16H11FN6O2S3. The number of carbonyl (C=O) groups excluding carboxylic acids is 1. The van der Waals surface area contributed by atoms with Gasteiger partial charge in [0.25, 0.3) is 11.5 Å². The molecule has 12 heteroatoms. The molecule has 142 valence electrons. The molecule has 0 atom stereocenters. The van der Waals surface area contributed by atoms with Crippen LogP contribution >= 0.6 is 34.4 Å². The van der Waals surface area contributed by atoms with Crippen molar-refractivity contribution in [1.29, 1.82) is 0 Å². The van der Waals surface area contributed by atoms with Crippen LogP contribution in [0.25, 0.3) is 4.96 Å². The third-order valence-corrected chi connectivity index (χ3v) is 6.32. The molecule has 3 heterocycles. The number of fused-ring (bicyclic) bond motifs is 1. The molecule has 0 aliphatic carbocycles. The number of amides is 1. The maximum absolute atomic E-state index is 13.7. The van der Waals surface area contributed by atoms with E-state index in [9.17, 15) is 14.0 Å². The van der Waals surface area contributed by atoms with Crippen LogP contribution in [0.5, 0.6) is 0 Å². The van der Waals surface area contributed by atoms with E-state index in [-0.39, 0.29) is 16.3 Å². The normalized spacial score (nSPS) is 11.1. The van der Waals surface area contributed by atoms with E-state index in [0.717, 1.165) is 16.3 Å². The topological polar surface area (TPSA) is 102 Å². The van der Waals surface area contributed by atoms with Crippen molar-refractivity contribution in [2.24, 2.45) is 0 Å². The number of benzene rings is 1. The zero-order chi connectivity index (χ0) is 19.7. The summed E-state index contributed by atoms with van der Waals surface area (Å²) in [5.41, 5.74) is 0.301. The van der Waals surface area contributed by atoms with Gasteiger partial charge in [-0.2, -0.15) is 9.61 Å². The Bertz CT molecular complexity index is 1230. The van der Waals surface area contributed by atoms with Gasteiger partial charge in [-0.1, -0.05) is 46.6 Å². The number of nitrogens with zero attached hydrogens (tertiary/aromatic N) is 5. The number of thioether (sulfide) groups is 1. The van der Waals surface area contributed by atoms with Gasteiger partial charge in [-0.15, -0.1) is 10.2 Å². The number of aryl methyl sites for hydroxylation is 1. The molecule has 8 nitrogen and oxygen atoms in total. The van der Waals surface area contributed by atoms with Crippen molar-refractivity contribution in [3.8, 4) is 0 Å². The summed E-state index contributed by atoms with van der Waals surface area (Å²) in [7, 11) is 0. The average molecular weight is 435 g/mol. The molecule has 4 rings (SSSR count). The van der Waals surface area contributed by atoms with Gasteiger partial charge >= 0.3 is 0 Å². The van der Waals surface area contributed by atoms with Crippen molar-refractivity contribution in [1.82, 2.24) is 24.8 Å². The summed E-state index contributed by atoms with van der Waals surface area (Å²) < 4.78 is 15.5. The van der Waals surface area contributed by atoms with Gasteiger partial charge in [0.05, 0.1) is 11.3 Å². The van der Waals surface area contributed by atoms with Crippen LogP contribution in [0.3, 0.4) is 0 Å². The third-order valence-electron chi connectivity index (χ3n) is 3.49. The van der Waals surface area contributed by atoms with Crippen LogP contribution < -0.4 is 10.9 Å². The van der Waals surface area contributed by atoms with Crippen LogP contribution in [0.15, 0.2) is 39.5 Å². The number of halogens is 1. The molecule has 0 aliphatic heterocycles. The monoisotopic (exact) mass is 434 g/mol. The van der Waals surface area contributed by atoms with Crippen LogP contribution in [-0.4, -0.2) is 30.7 Å². The molecule has 0 fully saturated rings. The van der Waals surface area contributed by atoms with E-state index >= 15 is 0 Å². The zero-order valence-electron chi connectivity index (χ0n) is 14.2. The lowest BCUT2D eigenvalue weighted by Crippen LogP contribution is -2.15. The summed E-state index contributed by atoms with van der Waals surface area (Å²) >= 11 is 3.84. The lowest BCUT2D eigenvalue weighted by molar-refractivity contribution is 0.102. The summed E-state index contributed by atoms with van der Waals surface area (Å²) in [4.78, 5) is 29.1. The van der Waals surface area contributed by atoms with Gasteiger partial charge in [-0.05, 0) is 19.1 Å². The molecule has 1 N–H and O–H groups in total. The number of nitrogens with one attached hydrogen (secondary N) is 1. The van der Waals surface area contributed by atoms with Gasteiger partial charge in [0, 0.05) is 11.8 Å². The maximum Gasteiger partial charge on any atom is 0.275 e. The van der Waals surface area contributed by atoms with Crippen molar-refractivity contribution in [3.63, 3.8) is 0 Å². The number of carbonyl (C=O) groups is 1. The van der Waals surface area contributed by atoms with E-state index < -0.39 is 11.7 Å². The lowest BCUT2D eigenvalue weighted by atomic mass is 10.2. The van der Waals surface area contributed by atoms with Gasteiger partial charge in [0.15, 0.2) is 4.34 Å². The number of anilines is 1. The smallest absolute Gasteiger partial charge is 0.275 e. The van der Waals surface area contributed by atoms with Gasteiger partial charge in [-0.25, -0.2) is 9.37 Å². The molecule has 0 aliphatic rings. The van der Waals surface area contributed by atoms with Crippen LogP contribution in [0.4, 0.5) is 9.52 Å². The Morgan fingerprint density at radius 3 is 2.93 bits per heavy atom. The van der Waals surface area contributed by atoms with Crippen molar-refractivity contribution in [2.45, 2.75) is 17.0 Å². The van der Waals surface area contributed by atoms with E-state index in [2.05, 4.69) is 25.6 Å². The predicted molar refractivity (Wildman–Crippen MR) is 106 cm³/mol. The van der Waals surface area contributed by atoms with E-state index in [1.165, 1.54) is 51.9 Å². The summed E-state index contributed by atoms with van der Waals surface area (Å²) in [5, 5.41) is 15.5. The second-order valence-electron chi connectivity index (χ2n) is 5.50. The molecular weight excluding hydrogens is 423 g/mol. The fourth-order valence-electron chi connectivity index (χ4n) is 2.29. The van der Waals surface area contributed by atoms with E-state index in [4.69, 9.17) is 0 Å². The Morgan fingerprint density at radius 2 is 2.11 bits per heavy atom. The quantitative estimate of drug-likeness (QED) is 0.380. The lowest BCUT2D eigenvalue weighted by Gasteiger charge is -2.01. The Labute approximate surface area is 169 Å². The molecule has 0 unspecified atom stereocenters. The zero-order valence-corrected chi connectivity index (χ0v) is 16.7. The highest BCUT2D eigenvalue weighted by Crippen LogP contribution is 2.28. The van der Waals surface area contributed by atoms with Gasteiger partial charge in [0.2, 0.25) is 10.1 Å². The summed E-state index contributed by atoms with van der Waals surface area (Å²) in [5.74, 6) is -0.782. The molecule has 3 aromatic heterocycles. The van der Waals surface area contributed by atoms with Crippen molar-refractivity contribution in [3.05, 3.63) is 62.8 Å². The predicted octanol–water partition coefficient (Wildman–Crippen LogP) is 2.99. The van der Waals surface area contributed by atoms with Crippen LogP contribution in [-0.2, 0) is 5.75 Å². The molecule has 1 amide bonds. The minimum absolute atomic E-state index is 0.0651. The first-order valence-electron chi connectivity index (χ1n) is 7.88. The Kier molecular flexibility index (Phi) is 5.15. The molecule has 1 aromatic carbocycles. The number of aromatic nitrogens is 5. The third kappa shape index (κ3) is 3.93. The molecule has 0 radical (unpaired) electrons. The van der Waals surface area contributed by atoms with Crippen LogP contribution in [0.1, 0.15) is 21.1 Å². The maximum atomic E-state index is 13.7. The van der Waals surface area contributed by atoms with Gasteiger partial charge < -0.3 is 0 Å². The van der Waals surface area contributed by atoms with E-state index in [1.807, 2.05) is 6.92 Å².